The Balaban J connectivity index is 1.04. The summed E-state index contributed by atoms with van der Waals surface area (Å²) in [6.07, 6.45) is 4.23. The van der Waals surface area contributed by atoms with Crippen molar-refractivity contribution in [2.45, 2.75) is 114 Å². The fourth-order valence-corrected chi connectivity index (χ4v) is 7.72. The van der Waals surface area contributed by atoms with Gasteiger partial charge < -0.3 is 19.5 Å². The van der Waals surface area contributed by atoms with Crippen molar-refractivity contribution in [3.8, 4) is 0 Å². The van der Waals surface area contributed by atoms with Crippen LogP contribution in [0.15, 0.2) is 24.3 Å². The van der Waals surface area contributed by atoms with Crippen LogP contribution in [-0.2, 0) is 48.6 Å². The molecule has 7 rings (SSSR count). The Kier molecular flexibility index (Phi) is 7.66. The van der Waals surface area contributed by atoms with E-state index in [1.165, 1.54) is 0 Å². The van der Waals surface area contributed by atoms with Crippen LogP contribution in [0.4, 0.5) is 5.69 Å². The predicted octanol–water partition coefficient (Wildman–Crippen LogP) is 3.99. The zero-order valence-corrected chi connectivity index (χ0v) is 24.4. The number of hydrogen-bond donors (Lipinski definition) is 2. The number of imide groups is 1. The molecule has 2 bridgehead atoms. The largest absolute Gasteiger partial charge is 0.435 e. The van der Waals surface area contributed by atoms with Crippen molar-refractivity contribution in [3.05, 3.63) is 29.8 Å². The van der Waals surface area contributed by atoms with Crippen molar-refractivity contribution >= 4 is 29.4 Å². The average Bonchev–Trinajstić information content (AvgIpc) is 3.20. The molecule has 1 aliphatic carbocycles. The third-order valence-corrected chi connectivity index (χ3v) is 10.2. The first-order valence-electron chi connectivity index (χ1n) is 15.2. The maximum Gasteiger partial charge on any atom is 0.308 e. The molecule has 0 radical (unpaired) electrons. The van der Waals surface area contributed by atoms with Crippen molar-refractivity contribution in [1.82, 2.24) is 5.32 Å². The molecule has 3 amide bonds. The minimum atomic E-state index is -0.901. The number of carbonyl (C=O) groups excluding carboxylic acids is 4. The van der Waals surface area contributed by atoms with Crippen molar-refractivity contribution in [2.75, 3.05) is 5.32 Å². The van der Waals surface area contributed by atoms with Gasteiger partial charge in [-0.05, 0) is 62.6 Å². The van der Waals surface area contributed by atoms with Crippen LogP contribution in [0.3, 0.4) is 0 Å². The topological polar surface area (TPSA) is 138 Å². The Morgan fingerprint density at radius 2 is 1.86 bits per heavy atom. The van der Waals surface area contributed by atoms with E-state index >= 15 is 0 Å². The third kappa shape index (κ3) is 4.94. The number of nitrogens with one attached hydrogen (secondary N) is 2. The summed E-state index contributed by atoms with van der Waals surface area (Å²) in [5.41, 5.74) is -0.134. The summed E-state index contributed by atoms with van der Waals surface area (Å²) in [6.45, 7) is 5.77. The van der Waals surface area contributed by atoms with Crippen molar-refractivity contribution in [2.24, 2.45) is 17.8 Å². The lowest BCUT2D eigenvalue weighted by Crippen LogP contribution is -2.69. The third-order valence-electron chi connectivity index (χ3n) is 10.2. The number of piperidine rings is 1. The molecule has 5 aliphatic heterocycles. The maximum absolute atomic E-state index is 12.8. The van der Waals surface area contributed by atoms with Gasteiger partial charge in [0, 0.05) is 36.8 Å². The smallest absolute Gasteiger partial charge is 0.308 e. The molecule has 1 aromatic rings. The SMILES string of the molecule is CCC1(c2ccc(NC(=O)CCC(=O)OC3OC4OC5(C)CCC6CCCC(C3C)C64OO5)cc2)CCC(=O)NC1=O. The highest BCUT2D eigenvalue weighted by Gasteiger charge is 2.68. The molecule has 5 heterocycles. The first kappa shape index (κ1) is 29.2. The Labute approximate surface area is 245 Å². The van der Waals surface area contributed by atoms with Crippen LogP contribution in [0.5, 0.6) is 0 Å². The lowest BCUT2D eigenvalue weighted by atomic mass is 9.61. The van der Waals surface area contributed by atoms with Gasteiger partial charge in [0.25, 0.3) is 0 Å². The summed E-state index contributed by atoms with van der Waals surface area (Å²) in [4.78, 5) is 61.6. The van der Waals surface area contributed by atoms with Crippen molar-refractivity contribution < 1.29 is 43.2 Å². The van der Waals surface area contributed by atoms with E-state index in [1.807, 2.05) is 20.8 Å². The number of carbonyl (C=O) groups is 4. The number of esters is 1. The number of hydrogen-bond acceptors (Lipinski definition) is 9. The van der Waals surface area contributed by atoms with E-state index in [-0.39, 0.29) is 54.7 Å². The highest BCUT2D eigenvalue weighted by atomic mass is 17.3. The van der Waals surface area contributed by atoms with Crippen LogP contribution in [0, 0.1) is 17.8 Å². The molecule has 5 saturated heterocycles. The van der Waals surface area contributed by atoms with E-state index in [0.717, 1.165) is 31.2 Å². The van der Waals surface area contributed by atoms with E-state index in [2.05, 4.69) is 10.6 Å². The van der Waals surface area contributed by atoms with Gasteiger partial charge in [0.2, 0.25) is 29.8 Å². The van der Waals surface area contributed by atoms with E-state index < -0.39 is 35.4 Å². The van der Waals surface area contributed by atoms with E-state index in [4.69, 9.17) is 24.0 Å². The van der Waals surface area contributed by atoms with Gasteiger partial charge in [0.15, 0.2) is 11.9 Å². The zero-order valence-electron chi connectivity index (χ0n) is 24.4. The van der Waals surface area contributed by atoms with Gasteiger partial charge in [0.1, 0.15) is 0 Å². The number of ether oxygens (including phenoxy) is 3. The number of amides is 3. The van der Waals surface area contributed by atoms with Crippen LogP contribution in [0.25, 0.3) is 0 Å². The van der Waals surface area contributed by atoms with E-state index in [9.17, 15) is 19.2 Å². The zero-order chi connectivity index (χ0) is 29.7. The molecule has 42 heavy (non-hydrogen) atoms. The molecule has 6 fully saturated rings. The number of benzene rings is 1. The molecule has 2 N–H and O–H groups in total. The van der Waals surface area contributed by atoms with Gasteiger partial charge >= 0.3 is 5.97 Å². The highest BCUT2D eigenvalue weighted by Crippen LogP contribution is 2.59. The summed E-state index contributed by atoms with van der Waals surface area (Å²) in [5, 5.41) is 5.24. The first-order valence-corrected chi connectivity index (χ1v) is 15.2. The molecule has 228 valence electrons. The van der Waals surface area contributed by atoms with Crippen LogP contribution in [-0.4, -0.2) is 47.7 Å². The second kappa shape index (κ2) is 11.0. The van der Waals surface area contributed by atoms with E-state index in [1.54, 1.807) is 24.3 Å². The normalized spacial score (nSPS) is 39.1. The molecule has 0 aromatic heterocycles. The maximum atomic E-state index is 12.8. The van der Waals surface area contributed by atoms with Crippen LogP contribution >= 0.6 is 0 Å². The molecule has 8 atom stereocenters. The second-order valence-corrected chi connectivity index (χ2v) is 12.7. The lowest BCUT2D eigenvalue weighted by Gasteiger charge is -2.58. The van der Waals surface area contributed by atoms with Gasteiger partial charge in [-0.15, -0.1) is 0 Å². The van der Waals surface area contributed by atoms with Gasteiger partial charge in [0.05, 0.1) is 11.8 Å². The minimum Gasteiger partial charge on any atom is -0.435 e. The summed E-state index contributed by atoms with van der Waals surface area (Å²) in [5.74, 6) is -2.14. The molecule has 6 aliphatic rings. The Morgan fingerprint density at radius 1 is 1.07 bits per heavy atom. The van der Waals surface area contributed by atoms with Crippen LogP contribution in [0.2, 0.25) is 0 Å². The van der Waals surface area contributed by atoms with Gasteiger partial charge in [-0.2, -0.15) is 0 Å². The highest BCUT2D eigenvalue weighted by molar-refractivity contribution is 6.03. The van der Waals surface area contributed by atoms with Gasteiger partial charge in [-0.25, -0.2) is 9.78 Å². The standard InChI is InChI=1S/C31H40N2O9/c1-4-30(17-15-24(35)33-27(30)37)19-8-10-21(11-9-19)32-23(34)12-13-25(36)38-26-18(2)22-7-5-6-20-14-16-29(3)40-28(39-26)31(20,22)42-41-29/h8-11,18,20,22,26,28H,4-7,12-17H2,1-3H3,(H,32,34)(H,33,35,37). The summed E-state index contributed by atoms with van der Waals surface area (Å²) >= 11 is 0. The van der Waals surface area contributed by atoms with Crippen molar-refractivity contribution in [3.63, 3.8) is 0 Å². The number of rotatable bonds is 7. The molecular formula is C31H40N2O9. The summed E-state index contributed by atoms with van der Waals surface area (Å²) in [7, 11) is 0. The average molecular weight is 585 g/mol. The van der Waals surface area contributed by atoms with Crippen LogP contribution < -0.4 is 10.6 Å². The van der Waals surface area contributed by atoms with Gasteiger partial charge in [-0.1, -0.05) is 32.4 Å². The Bertz CT molecular complexity index is 1250. The van der Waals surface area contributed by atoms with Gasteiger partial charge in [-0.3, -0.25) is 24.5 Å². The molecule has 8 unspecified atom stereocenters. The summed E-state index contributed by atoms with van der Waals surface area (Å²) < 4.78 is 18.3. The molecule has 1 spiro atoms. The molecule has 11 heteroatoms. The fraction of sp³-hybridized carbons (Fsp3) is 0.677. The first-order chi connectivity index (χ1) is 20.1. The fourth-order valence-electron chi connectivity index (χ4n) is 7.72. The summed E-state index contributed by atoms with van der Waals surface area (Å²) in [6, 6.07) is 7.05. The molecule has 1 saturated carbocycles. The lowest BCUT2D eigenvalue weighted by molar-refractivity contribution is -0.575. The molecular weight excluding hydrogens is 544 g/mol. The molecule has 11 nitrogen and oxygen atoms in total. The monoisotopic (exact) mass is 584 g/mol. The van der Waals surface area contributed by atoms with Crippen molar-refractivity contribution in [1.29, 1.82) is 0 Å². The Morgan fingerprint density at radius 3 is 2.60 bits per heavy atom. The van der Waals surface area contributed by atoms with Crippen LogP contribution in [0.1, 0.15) is 90.5 Å². The second-order valence-electron chi connectivity index (χ2n) is 12.7. The minimum absolute atomic E-state index is 0.0498. The quantitative estimate of drug-likeness (QED) is 0.277. The number of anilines is 1. The van der Waals surface area contributed by atoms with E-state index in [0.29, 0.717) is 24.9 Å². The predicted molar refractivity (Wildman–Crippen MR) is 147 cm³/mol. The molecule has 1 aromatic carbocycles. The number of fused-ring (bicyclic) bond motifs is 2. The Hall–Kier alpha value is -2.86.